The van der Waals surface area contributed by atoms with Crippen LogP contribution in [0.15, 0.2) is 55.1 Å². The van der Waals surface area contributed by atoms with Crippen molar-refractivity contribution in [3.8, 4) is 17.1 Å². The number of rotatable bonds is 8. The summed E-state index contributed by atoms with van der Waals surface area (Å²) < 4.78 is 10.1. The molecule has 0 saturated carbocycles. The molecule has 6 heteroatoms. The Balaban J connectivity index is 1.91. The highest BCUT2D eigenvalue weighted by atomic mass is 32.1. The molecule has 1 atom stereocenters. The van der Waals surface area contributed by atoms with E-state index in [4.69, 9.17) is 22.1 Å². The summed E-state index contributed by atoms with van der Waals surface area (Å²) in [5, 5.41) is 4.85. The van der Waals surface area contributed by atoms with Crippen LogP contribution in [0.1, 0.15) is 16.7 Å². The summed E-state index contributed by atoms with van der Waals surface area (Å²) >= 11 is 5.75. The fraction of sp³-hybridized carbons (Fsp3) is 0.304. The van der Waals surface area contributed by atoms with Crippen molar-refractivity contribution in [3.05, 3.63) is 76.6 Å². The maximum atomic E-state index is 5.75. The molecule has 0 bridgehead atoms. The number of para-hydroxylation sites is 1. The molecule has 2 aromatic carbocycles. The van der Waals surface area contributed by atoms with Crippen LogP contribution in [0.2, 0.25) is 0 Å². The Kier molecular flexibility index (Phi) is 6.67. The molecule has 1 N–H and O–H groups in total. The first-order valence-corrected chi connectivity index (χ1v) is 10.1. The van der Waals surface area contributed by atoms with Crippen molar-refractivity contribution in [2.75, 3.05) is 14.2 Å². The molecule has 3 aromatic rings. The number of aromatic nitrogens is 3. The van der Waals surface area contributed by atoms with Gasteiger partial charge in [0.2, 0.25) is 4.77 Å². The Morgan fingerprint density at radius 2 is 1.97 bits per heavy atom. The lowest BCUT2D eigenvalue weighted by Crippen LogP contribution is -3.07. The second-order valence-electron chi connectivity index (χ2n) is 7.43. The van der Waals surface area contributed by atoms with Crippen LogP contribution in [0.4, 0.5) is 0 Å². The van der Waals surface area contributed by atoms with Crippen molar-refractivity contribution < 1.29 is 9.64 Å². The number of aryl methyl sites for hydroxylation is 2. The third-order valence-electron chi connectivity index (χ3n) is 4.99. The van der Waals surface area contributed by atoms with E-state index in [0.29, 0.717) is 18.0 Å². The van der Waals surface area contributed by atoms with Gasteiger partial charge in [-0.2, -0.15) is 4.68 Å². The molecule has 0 aliphatic heterocycles. The number of methoxy groups -OCH3 is 1. The summed E-state index contributed by atoms with van der Waals surface area (Å²) in [4.78, 5) is 1.31. The van der Waals surface area contributed by atoms with E-state index < -0.39 is 0 Å². The smallest absolute Gasteiger partial charge is 0.203 e. The van der Waals surface area contributed by atoms with Crippen molar-refractivity contribution >= 4 is 12.2 Å². The molecule has 29 heavy (non-hydrogen) atoms. The fourth-order valence-electron chi connectivity index (χ4n) is 3.55. The summed E-state index contributed by atoms with van der Waals surface area (Å²) in [7, 11) is 3.83. The maximum absolute atomic E-state index is 5.75. The minimum atomic E-state index is 0.600. The van der Waals surface area contributed by atoms with E-state index in [-0.39, 0.29) is 0 Å². The van der Waals surface area contributed by atoms with Crippen molar-refractivity contribution in [1.82, 2.24) is 14.3 Å². The Morgan fingerprint density at radius 3 is 2.66 bits per heavy atom. The molecule has 1 heterocycles. The Labute approximate surface area is 177 Å². The molecule has 0 fully saturated rings. The van der Waals surface area contributed by atoms with Crippen molar-refractivity contribution in [3.63, 3.8) is 0 Å². The van der Waals surface area contributed by atoms with E-state index in [1.807, 2.05) is 39.6 Å². The molecular weight excluding hydrogens is 380 g/mol. The topological polar surface area (TPSA) is 36.4 Å². The van der Waals surface area contributed by atoms with Gasteiger partial charge in [-0.1, -0.05) is 42.0 Å². The van der Waals surface area contributed by atoms with Crippen LogP contribution in [0, 0.1) is 18.6 Å². The van der Waals surface area contributed by atoms with E-state index in [9.17, 15) is 0 Å². The average Bonchev–Trinajstić information content (AvgIpc) is 3.00. The summed E-state index contributed by atoms with van der Waals surface area (Å²) in [6.07, 6.45) is 1.84. The molecule has 0 radical (unpaired) electrons. The quantitative estimate of drug-likeness (QED) is 0.456. The molecule has 0 amide bonds. The largest absolute Gasteiger partial charge is 0.496 e. The van der Waals surface area contributed by atoms with Gasteiger partial charge in [0.15, 0.2) is 12.5 Å². The van der Waals surface area contributed by atoms with E-state index >= 15 is 0 Å². The fourth-order valence-corrected chi connectivity index (χ4v) is 3.81. The number of allylic oxidation sites excluding steroid dienone is 1. The molecule has 0 spiro atoms. The molecule has 0 aliphatic carbocycles. The highest BCUT2D eigenvalue weighted by Crippen LogP contribution is 2.28. The van der Waals surface area contributed by atoms with Crippen LogP contribution >= 0.6 is 12.2 Å². The van der Waals surface area contributed by atoms with E-state index in [0.717, 1.165) is 23.7 Å². The highest BCUT2D eigenvalue weighted by Gasteiger charge is 2.17. The SMILES string of the molecule is C=CCn1c(-c2ccccc2OC)nn(C[NH+](C)Cc2ccc(C)cc2C)c1=S. The van der Waals surface area contributed by atoms with Gasteiger partial charge in [0.05, 0.1) is 19.7 Å². The van der Waals surface area contributed by atoms with Crippen molar-refractivity contribution in [1.29, 1.82) is 0 Å². The maximum Gasteiger partial charge on any atom is 0.203 e. The van der Waals surface area contributed by atoms with Gasteiger partial charge in [-0.3, -0.25) is 4.57 Å². The van der Waals surface area contributed by atoms with Crippen LogP contribution in [0.3, 0.4) is 0 Å². The van der Waals surface area contributed by atoms with Gasteiger partial charge in [-0.05, 0) is 43.8 Å². The van der Waals surface area contributed by atoms with Crippen LogP contribution < -0.4 is 9.64 Å². The van der Waals surface area contributed by atoms with Crippen LogP contribution in [-0.4, -0.2) is 28.5 Å². The second kappa shape index (κ2) is 9.20. The average molecular weight is 410 g/mol. The zero-order valence-corrected chi connectivity index (χ0v) is 18.4. The molecule has 3 rings (SSSR count). The van der Waals surface area contributed by atoms with Crippen molar-refractivity contribution in [2.24, 2.45) is 0 Å². The Morgan fingerprint density at radius 1 is 1.21 bits per heavy atom. The first-order chi connectivity index (χ1) is 13.9. The minimum Gasteiger partial charge on any atom is -0.496 e. The number of hydrogen-bond acceptors (Lipinski definition) is 3. The normalized spacial score (nSPS) is 12.0. The first kappa shape index (κ1) is 21.0. The standard InChI is InChI=1S/C23H28N4OS/c1-6-13-26-22(20-9-7-8-10-21(20)28-5)24-27(23(26)29)16-25(4)15-19-12-11-17(2)14-18(19)3/h6-12,14H,1,13,15-16H2,2-5H3/p+1. The number of benzene rings is 2. The number of ether oxygens (including phenoxy) is 1. The summed E-state index contributed by atoms with van der Waals surface area (Å²) in [6, 6.07) is 14.5. The summed E-state index contributed by atoms with van der Waals surface area (Å²) in [5.74, 6) is 1.58. The van der Waals surface area contributed by atoms with Gasteiger partial charge in [0.1, 0.15) is 12.3 Å². The van der Waals surface area contributed by atoms with Crippen LogP contribution in [0.5, 0.6) is 5.75 Å². The highest BCUT2D eigenvalue weighted by molar-refractivity contribution is 7.71. The van der Waals surface area contributed by atoms with Gasteiger partial charge < -0.3 is 9.64 Å². The zero-order chi connectivity index (χ0) is 21.0. The number of hydrogen-bond donors (Lipinski definition) is 1. The second-order valence-corrected chi connectivity index (χ2v) is 7.79. The molecule has 0 aliphatic rings. The third-order valence-corrected chi connectivity index (χ3v) is 5.42. The lowest BCUT2D eigenvalue weighted by atomic mass is 10.1. The Hall–Kier alpha value is -2.70. The van der Waals surface area contributed by atoms with Gasteiger partial charge in [-0.25, -0.2) is 0 Å². The van der Waals surface area contributed by atoms with Crippen LogP contribution in [0.25, 0.3) is 11.4 Å². The molecular formula is C23H29N4OS+. The zero-order valence-electron chi connectivity index (χ0n) is 17.6. The first-order valence-electron chi connectivity index (χ1n) is 9.74. The predicted molar refractivity (Wildman–Crippen MR) is 120 cm³/mol. The molecule has 0 saturated heterocycles. The minimum absolute atomic E-state index is 0.600. The third kappa shape index (κ3) is 4.66. The lowest BCUT2D eigenvalue weighted by molar-refractivity contribution is -0.917. The van der Waals surface area contributed by atoms with E-state index in [1.54, 1.807) is 7.11 Å². The summed E-state index contributed by atoms with van der Waals surface area (Å²) in [6.45, 7) is 10.4. The Bertz CT molecular complexity index is 1070. The van der Waals surface area contributed by atoms with E-state index in [1.165, 1.54) is 21.6 Å². The predicted octanol–water partition coefficient (Wildman–Crippen LogP) is 3.56. The molecule has 152 valence electrons. The lowest BCUT2D eigenvalue weighted by Gasteiger charge is -2.15. The number of nitrogens with zero attached hydrogens (tertiary/aromatic N) is 3. The van der Waals surface area contributed by atoms with E-state index in [2.05, 4.69) is 45.7 Å². The number of quaternary nitrogens is 1. The van der Waals surface area contributed by atoms with Crippen molar-refractivity contribution in [2.45, 2.75) is 33.6 Å². The molecule has 1 aromatic heterocycles. The number of nitrogens with one attached hydrogen (secondary N) is 1. The van der Waals surface area contributed by atoms with Crippen LogP contribution in [-0.2, 0) is 19.8 Å². The monoisotopic (exact) mass is 409 g/mol. The summed E-state index contributed by atoms with van der Waals surface area (Å²) in [5.41, 5.74) is 4.87. The van der Waals surface area contributed by atoms with Gasteiger partial charge >= 0.3 is 0 Å². The molecule has 5 nitrogen and oxygen atoms in total. The van der Waals surface area contributed by atoms with Gasteiger partial charge in [0, 0.05) is 12.1 Å². The van der Waals surface area contributed by atoms with Gasteiger partial charge in [0.25, 0.3) is 0 Å². The van der Waals surface area contributed by atoms with Gasteiger partial charge in [-0.15, -0.1) is 11.7 Å². The molecule has 1 unspecified atom stereocenters.